The second-order valence-corrected chi connectivity index (χ2v) is 6.44. The fourth-order valence-corrected chi connectivity index (χ4v) is 3.41. The van der Waals surface area contributed by atoms with Crippen LogP contribution >= 0.6 is 0 Å². The van der Waals surface area contributed by atoms with Gasteiger partial charge >= 0.3 is 0 Å². The summed E-state index contributed by atoms with van der Waals surface area (Å²) in [5.74, 6) is 0.444. The summed E-state index contributed by atoms with van der Waals surface area (Å²) in [6, 6.07) is 0.0483. The number of aromatic nitrogens is 2. The van der Waals surface area contributed by atoms with E-state index in [1.54, 1.807) is 0 Å². The van der Waals surface area contributed by atoms with Crippen molar-refractivity contribution in [1.82, 2.24) is 14.7 Å². The van der Waals surface area contributed by atoms with Crippen molar-refractivity contribution in [2.75, 3.05) is 11.9 Å². The highest BCUT2D eigenvalue weighted by molar-refractivity contribution is 7.89. The Morgan fingerprint density at radius 2 is 1.84 bits per heavy atom. The molecule has 7 heteroatoms. The van der Waals surface area contributed by atoms with Crippen molar-refractivity contribution >= 4 is 16.0 Å². The Labute approximate surface area is 114 Å². The largest absolute Gasteiger partial charge is 0.355 e. The Hall–Kier alpha value is -1.21. The lowest BCUT2D eigenvalue weighted by molar-refractivity contribution is 0.412. The molecule has 1 fully saturated rings. The van der Waals surface area contributed by atoms with Crippen LogP contribution in [0.3, 0.4) is 0 Å². The molecule has 0 saturated heterocycles. The van der Waals surface area contributed by atoms with Gasteiger partial charge in [-0.15, -0.1) is 0 Å². The van der Waals surface area contributed by atoms with Crippen molar-refractivity contribution in [3.05, 3.63) is 12.4 Å². The second-order valence-electron chi connectivity index (χ2n) is 4.73. The zero-order valence-corrected chi connectivity index (χ0v) is 11.9. The van der Waals surface area contributed by atoms with E-state index in [0.29, 0.717) is 12.5 Å². The van der Waals surface area contributed by atoms with Crippen molar-refractivity contribution in [3.8, 4) is 0 Å². The van der Waals surface area contributed by atoms with E-state index in [2.05, 4.69) is 20.0 Å². The molecule has 1 aromatic rings. The second kappa shape index (κ2) is 6.29. The molecule has 0 spiro atoms. The maximum Gasteiger partial charge on any atom is 0.243 e. The topological polar surface area (TPSA) is 84.0 Å². The van der Waals surface area contributed by atoms with Crippen molar-refractivity contribution in [3.63, 3.8) is 0 Å². The van der Waals surface area contributed by atoms with Gasteiger partial charge in [-0.05, 0) is 19.8 Å². The molecule has 19 heavy (non-hydrogen) atoms. The normalized spacial score (nSPS) is 17.3. The molecule has 0 amide bonds. The summed E-state index contributed by atoms with van der Waals surface area (Å²) >= 11 is 0. The molecule has 0 bridgehead atoms. The first-order valence-corrected chi connectivity index (χ1v) is 8.18. The molecule has 1 aliphatic rings. The summed E-state index contributed by atoms with van der Waals surface area (Å²) in [5.41, 5.74) is 0. The Bertz CT molecular complexity index is 495. The first kappa shape index (κ1) is 14.2. The number of sulfonamides is 1. The number of rotatable bonds is 5. The van der Waals surface area contributed by atoms with Gasteiger partial charge < -0.3 is 5.32 Å². The highest BCUT2D eigenvalue weighted by atomic mass is 32.2. The van der Waals surface area contributed by atoms with Gasteiger partial charge in [0, 0.05) is 12.6 Å². The van der Waals surface area contributed by atoms with Crippen LogP contribution in [0.15, 0.2) is 17.3 Å². The summed E-state index contributed by atoms with van der Waals surface area (Å²) in [5, 5.41) is 2.93. The molecule has 1 aromatic heterocycles. The van der Waals surface area contributed by atoms with Crippen LogP contribution in [0.5, 0.6) is 0 Å². The highest BCUT2D eigenvalue weighted by Crippen LogP contribution is 2.19. The van der Waals surface area contributed by atoms with Crippen molar-refractivity contribution < 1.29 is 8.42 Å². The maximum absolute atomic E-state index is 12.2. The van der Waals surface area contributed by atoms with Crippen LogP contribution in [0.25, 0.3) is 0 Å². The van der Waals surface area contributed by atoms with Crippen LogP contribution in [-0.4, -0.2) is 31.0 Å². The third-order valence-corrected chi connectivity index (χ3v) is 4.68. The molecule has 6 nitrogen and oxygen atoms in total. The predicted molar refractivity (Wildman–Crippen MR) is 73.4 cm³/mol. The van der Waals surface area contributed by atoms with Crippen LogP contribution in [0.4, 0.5) is 5.95 Å². The minimum Gasteiger partial charge on any atom is -0.355 e. The lowest BCUT2D eigenvalue weighted by Gasteiger charge is -2.22. The van der Waals surface area contributed by atoms with Gasteiger partial charge in [0.1, 0.15) is 4.90 Å². The van der Waals surface area contributed by atoms with Crippen LogP contribution < -0.4 is 10.0 Å². The minimum atomic E-state index is -3.49. The van der Waals surface area contributed by atoms with E-state index < -0.39 is 10.0 Å². The maximum atomic E-state index is 12.2. The third kappa shape index (κ3) is 3.87. The zero-order chi connectivity index (χ0) is 13.7. The summed E-state index contributed by atoms with van der Waals surface area (Å²) in [6.45, 7) is 2.63. The van der Waals surface area contributed by atoms with Gasteiger partial charge in [0.2, 0.25) is 16.0 Å². The molecule has 0 atom stereocenters. The summed E-state index contributed by atoms with van der Waals surface area (Å²) in [6.07, 6.45) is 7.88. The van der Waals surface area contributed by atoms with Gasteiger partial charge in [-0.25, -0.2) is 23.1 Å². The highest BCUT2D eigenvalue weighted by Gasteiger charge is 2.22. The fourth-order valence-electron chi connectivity index (χ4n) is 2.21. The Morgan fingerprint density at radius 1 is 1.21 bits per heavy atom. The molecule has 0 aromatic carbocycles. The van der Waals surface area contributed by atoms with E-state index in [9.17, 15) is 8.42 Å². The summed E-state index contributed by atoms with van der Waals surface area (Å²) < 4.78 is 27.1. The SMILES string of the molecule is CCNc1ncc(S(=O)(=O)NC2CCCCC2)cn1. The number of nitrogens with one attached hydrogen (secondary N) is 2. The average Bonchev–Trinajstić information content (AvgIpc) is 2.40. The van der Waals surface area contributed by atoms with Gasteiger partial charge in [0.15, 0.2) is 0 Å². The van der Waals surface area contributed by atoms with Crippen molar-refractivity contribution in [1.29, 1.82) is 0 Å². The fraction of sp³-hybridized carbons (Fsp3) is 0.667. The monoisotopic (exact) mass is 284 g/mol. The van der Waals surface area contributed by atoms with E-state index in [4.69, 9.17) is 0 Å². The third-order valence-electron chi connectivity index (χ3n) is 3.20. The van der Waals surface area contributed by atoms with E-state index in [0.717, 1.165) is 25.7 Å². The van der Waals surface area contributed by atoms with Gasteiger partial charge in [-0.3, -0.25) is 0 Å². The number of nitrogens with zero attached hydrogens (tertiary/aromatic N) is 2. The molecule has 0 unspecified atom stereocenters. The van der Waals surface area contributed by atoms with E-state index >= 15 is 0 Å². The Morgan fingerprint density at radius 3 is 2.42 bits per heavy atom. The average molecular weight is 284 g/mol. The van der Waals surface area contributed by atoms with Gasteiger partial charge in [-0.1, -0.05) is 19.3 Å². The quantitative estimate of drug-likeness (QED) is 0.856. The van der Waals surface area contributed by atoms with E-state index in [-0.39, 0.29) is 10.9 Å². The molecule has 2 N–H and O–H groups in total. The van der Waals surface area contributed by atoms with Crippen molar-refractivity contribution in [2.24, 2.45) is 0 Å². The standard InChI is InChI=1S/C12H20N4O2S/c1-2-13-12-14-8-11(9-15-12)19(17,18)16-10-6-4-3-5-7-10/h8-10,16H,2-7H2,1H3,(H,13,14,15). The van der Waals surface area contributed by atoms with Gasteiger partial charge in [0.05, 0.1) is 12.4 Å². The lowest BCUT2D eigenvalue weighted by atomic mass is 9.96. The first-order chi connectivity index (χ1) is 9.12. The molecule has 0 radical (unpaired) electrons. The zero-order valence-electron chi connectivity index (χ0n) is 11.1. The van der Waals surface area contributed by atoms with Crippen LogP contribution in [0.2, 0.25) is 0 Å². The summed E-state index contributed by atoms with van der Waals surface area (Å²) in [7, 11) is -3.49. The van der Waals surface area contributed by atoms with Crippen molar-refractivity contribution in [2.45, 2.75) is 50.0 Å². The molecule has 2 rings (SSSR count). The van der Waals surface area contributed by atoms with Gasteiger partial charge in [0.25, 0.3) is 0 Å². The van der Waals surface area contributed by atoms with E-state index in [1.807, 2.05) is 6.92 Å². The molecular formula is C12H20N4O2S. The molecule has 0 aliphatic heterocycles. The smallest absolute Gasteiger partial charge is 0.243 e. The molecule has 106 valence electrons. The Kier molecular flexibility index (Phi) is 4.71. The van der Waals surface area contributed by atoms with Gasteiger partial charge in [-0.2, -0.15) is 0 Å². The molecule has 1 aliphatic carbocycles. The number of hydrogen-bond acceptors (Lipinski definition) is 5. The van der Waals surface area contributed by atoms with Crippen LogP contribution in [-0.2, 0) is 10.0 Å². The van der Waals surface area contributed by atoms with Crippen LogP contribution in [0.1, 0.15) is 39.0 Å². The first-order valence-electron chi connectivity index (χ1n) is 6.70. The number of hydrogen-bond donors (Lipinski definition) is 2. The predicted octanol–water partition coefficient (Wildman–Crippen LogP) is 1.52. The molecule has 1 saturated carbocycles. The lowest BCUT2D eigenvalue weighted by Crippen LogP contribution is -2.36. The molecule has 1 heterocycles. The summed E-state index contributed by atoms with van der Waals surface area (Å²) in [4.78, 5) is 8.10. The van der Waals surface area contributed by atoms with Crippen LogP contribution in [0, 0.1) is 0 Å². The molecular weight excluding hydrogens is 264 g/mol. The van der Waals surface area contributed by atoms with E-state index in [1.165, 1.54) is 18.8 Å². The minimum absolute atomic E-state index is 0.0483. The number of anilines is 1. The Balaban J connectivity index is 2.05.